The minimum atomic E-state index is -3.52. The molecular formula is C18H18N2O3S2. The molecule has 0 radical (unpaired) electrons. The van der Waals surface area contributed by atoms with Gasteiger partial charge in [-0.3, -0.25) is 4.79 Å². The molecule has 0 unspecified atom stereocenters. The molecule has 1 aliphatic carbocycles. The van der Waals surface area contributed by atoms with Crippen LogP contribution in [0.25, 0.3) is 0 Å². The molecule has 1 aromatic heterocycles. The first-order chi connectivity index (χ1) is 11.9. The van der Waals surface area contributed by atoms with Crippen molar-refractivity contribution in [3.63, 3.8) is 0 Å². The van der Waals surface area contributed by atoms with Gasteiger partial charge in [0.15, 0.2) is 9.84 Å². The smallest absolute Gasteiger partial charge is 0.257 e. The van der Waals surface area contributed by atoms with Gasteiger partial charge in [-0.15, -0.1) is 11.3 Å². The molecule has 25 heavy (non-hydrogen) atoms. The van der Waals surface area contributed by atoms with Gasteiger partial charge in [-0.25, -0.2) is 8.42 Å². The van der Waals surface area contributed by atoms with Gasteiger partial charge in [0.2, 0.25) is 0 Å². The van der Waals surface area contributed by atoms with Gasteiger partial charge in [0.05, 0.1) is 16.0 Å². The number of aryl methyl sites for hydroxylation is 1. The summed E-state index contributed by atoms with van der Waals surface area (Å²) in [5.74, 6) is -0.506. The molecule has 0 atom stereocenters. The Morgan fingerprint density at radius 3 is 2.64 bits per heavy atom. The number of sulfone groups is 1. The zero-order chi connectivity index (χ0) is 18.0. The molecule has 1 amide bonds. The number of amides is 1. The molecule has 5 nitrogen and oxygen atoms in total. The lowest BCUT2D eigenvalue weighted by Gasteiger charge is -2.08. The zero-order valence-electron chi connectivity index (χ0n) is 13.8. The van der Waals surface area contributed by atoms with Crippen molar-refractivity contribution in [2.45, 2.75) is 37.0 Å². The highest BCUT2D eigenvalue weighted by molar-refractivity contribution is 7.90. The van der Waals surface area contributed by atoms with Crippen LogP contribution in [0.15, 0.2) is 29.2 Å². The monoisotopic (exact) mass is 374 g/mol. The van der Waals surface area contributed by atoms with Crippen LogP contribution in [0.3, 0.4) is 0 Å². The molecule has 1 N–H and O–H groups in total. The lowest BCUT2D eigenvalue weighted by Crippen LogP contribution is -2.16. The standard InChI is InChI=1S/C18H18N2O3S2/c1-25(22,23)16-10-6-5-8-13(16)17(21)20-18-14(11-19)12-7-3-2-4-9-15(12)24-18/h5-6,8,10H,2-4,7,9H2,1H3,(H,20,21). The van der Waals surface area contributed by atoms with E-state index in [1.807, 2.05) is 0 Å². The summed E-state index contributed by atoms with van der Waals surface area (Å²) in [6.07, 6.45) is 6.13. The van der Waals surface area contributed by atoms with Crippen molar-refractivity contribution < 1.29 is 13.2 Å². The molecule has 1 aliphatic rings. The molecule has 0 fully saturated rings. The average molecular weight is 374 g/mol. The highest BCUT2D eigenvalue weighted by atomic mass is 32.2. The number of nitrogens with zero attached hydrogens (tertiary/aromatic N) is 1. The number of nitriles is 1. The number of nitrogens with one attached hydrogen (secondary N) is 1. The number of carbonyl (C=O) groups excluding carboxylic acids is 1. The van der Waals surface area contributed by atoms with Crippen LogP contribution in [0.1, 0.15) is 45.6 Å². The third-order valence-corrected chi connectivity index (χ3v) is 6.65. The number of thiophene rings is 1. The second-order valence-corrected chi connectivity index (χ2v) is 9.19. The number of anilines is 1. The van der Waals surface area contributed by atoms with Gasteiger partial charge in [-0.1, -0.05) is 18.6 Å². The van der Waals surface area contributed by atoms with E-state index in [-0.39, 0.29) is 10.5 Å². The number of benzene rings is 1. The summed E-state index contributed by atoms with van der Waals surface area (Å²) in [7, 11) is -3.52. The highest BCUT2D eigenvalue weighted by Gasteiger charge is 2.23. The number of hydrogen-bond donors (Lipinski definition) is 1. The zero-order valence-corrected chi connectivity index (χ0v) is 15.5. The second-order valence-electron chi connectivity index (χ2n) is 6.10. The van der Waals surface area contributed by atoms with E-state index in [1.54, 1.807) is 12.1 Å². The Morgan fingerprint density at radius 2 is 1.92 bits per heavy atom. The Morgan fingerprint density at radius 1 is 1.20 bits per heavy atom. The van der Waals surface area contributed by atoms with E-state index in [0.717, 1.165) is 48.8 Å². The number of carbonyl (C=O) groups is 1. The molecule has 0 aliphatic heterocycles. The van der Waals surface area contributed by atoms with Crippen molar-refractivity contribution in [1.29, 1.82) is 5.26 Å². The van der Waals surface area contributed by atoms with Gasteiger partial charge in [0, 0.05) is 11.1 Å². The summed E-state index contributed by atoms with van der Waals surface area (Å²) < 4.78 is 23.8. The normalized spacial score (nSPS) is 14.2. The van der Waals surface area contributed by atoms with Crippen molar-refractivity contribution in [2.75, 3.05) is 11.6 Å². The summed E-state index contributed by atoms with van der Waals surface area (Å²) in [6.45, 7) is 0. The van der Waals surface area contributed by atoms with Crippen LogP contribution >= 0.6 is 11.3 Å². The van der Waals surface area contributed by atoms with E-state index in [0.29, 0.717) is 10.6 Å². The van der Waals surface area contributed by atoms with Crippen LogP contribution in [-0.2, 0) is 22.7 Å². The maximum atomic E-state index is 12.7. The molecule has 0 saturated carbocycles. The van der Waals surface area contributed by atoms with Crippen LogP contribution in [0.4, 0.5) is 5.00 Å². The molecule has 0 bridgehead atoms. The van der Waals surface area contributed by atoms with E-state index in [2.05, 4.69) is 11.4 Å². The van der Waals surface area contributed by atoms with Gasteiger partial charge < -0.3 is 5.32 Å². The molecule has 0 saturated heterocycles. The Kier molecular flexibility index (Phi) is 4.93. The first-order valence-electron chi connectivity index (χ1n) is 8.07. The first kappa shape index (κ1) is 17.6. The molecule has 1 aromatic carbocycles. The number of rotatable bonds is 3. The Hall–Kier alpha value is -2.17. The Labute approximate surface area is 151 Å². The third kappa shape index (κ3) is 3.60. The summed E-state index contributed by atoms with van der Waals surface area (Å²) >= 11 is 1.43. The molecule has 130 valence electrons. The molecule has 7 heteroatoms. The predicted molar refractivity (Wildman–Crippen MR) is 97.8 cm³/mol. The predicted octanol–water partition coefficient (Wildman–Crippen LogP) is 3.54. The first-order valence-corrected chi connectivity index (χ1v) is 10.8. The molecule has 2 aromatic rings. The van der Waals surface area contributed by atoms with Crippen LogP contribution < -0.4 is 5.32 Å². The van der Waals surface area contributed by atoms with E-state index >= 15 is 0 Å². The van der Waals surface area contributed by atoms with Gasteiger partial charge in [0.1, 0.15) is 11.1 Å². The minimum absolute atomic E-state index is 0.0101. The summed E-state index contributed by atoms with van der Waals surface area (Å²) in [5, 5.41) is 12.8. The van der Waals surface area contributed by atoms with E-state index in [9.17, 15) is 18.5 Å². The summed E-state index contributed by atoms with van der Waals surface area (Å²) in [6, 6.07) is 8.32. The quantitative estimate of drug-likeness (QED) is 0.833. The topological polar surface area (TPSA) is 87.0 Å². The Bertz CT molecular complexity index is 969. The van der Waals surface area contributed by atoms with E-state index in [4.69, 9.17) is 0 Å². The molecule has 3 rings (SSSR count). The Balaban J connectivity index is 1.97. The molecule has 1 heterocycles. The maximum absolute atomic E-state index is 12.7. The van der Waals surface area contributed by atoms with Crippen molar-refractivity contribution in [3.8, 4) is 6.07 Å². The van der Waals surface area contributed by atoms with Gasteiger partial charge >= 0.3 is 0 Å². The molecular weight excluding hydrogens is 356 g/mol. The number of hydrogen-bond acceptors (Lipinski definition) is 5. The van der Waals surface area contributed by atoms with Gasteiger partial charge in [-0.05, 0) is 43.4 Å². The SMILES string of the molecule is CS(=O)(=O)c1ccccc1C(=O)Nc1sc2c(c1C#N)CCCCC2. The lowest BCUT2D eigenvalue weighted by atomic mass is 10.1. The van der Waals surface area contributed by atoms with E-state index in [1.165, 1.54) is 23.5 Å². The summed E-state index contributed by atoms with van der Waals surface area (Å²) in [4.78, 5) is 13.8. The molecule has 0 spiro atoms. The van der Waals surface area contributed by atoms with Crippen LogP contribution in [0.5, 0.6) is 0 Å². The lowest BCUT2D eigenvalue weighted by molar-refractivity contribution is 0.102. The maximum Gasteiger partial charge on any atom is 0.257 e. The van der Waals surface area contributed by atoms with Gasteiger partial charge in [0.25, 0.3) is 5.91 Å². The second kappa shape index (κ2) is 6.98. The fraction of sp³-hybridized carbons (Fsp3) is 0.333. The van der Waals surface area contributed by atoms with Crippen molar-refractivity contribution in [1.82, 2.24) is 0 Å². The number of fused-ring (bicyclic) bond motifs is 1. The third-order valence-electron chi connectivity index (χ3n) is 4.29. The van der Waals surface area contributed by atoms with Crippen LogP contribution in [-0.4, -0.2) is 20.6 Å². The van der Waals surface area contributed by atoms with Crippen molar-refractivity contribution >= 4 is 32.1 Å². The largest absolute Gasteiger partial charge is 0.312 e. The fourth-order valence-electron chi connectivity index (χ4n) is 3.10. The fourth-order valence-corrected chi connectivity index (χ4v) is 5.22. The minimum Gasteiger partial charge on any atom is -0.312 e. The van der Waals surface area contributed by atoms with Crippen LogP contribution in [0.2, 0.25) is 0 Å². The average Bonchev–Trinajstić information content (AvgIpc) is 2.74. The van der Waals surface area contributed by atoms with Crippen molar-refractivity contribution in [2.24, 2.45) is 0 Å². The van der Waals surface area contributed by atoms with Crippen LogP contribution in [0, 0.1) is 11.3 Å². The van der Waals surface area contributed by atoms with Crippen molar-refractivity contribution in [3.05, 3.63) is 45.8 Å². The van der Waals surface area contributed by atoms with Gasteiger partial charge in [-0.2, -0.15) is 5.26 Å². The highest BCUT2D eigenvalue weighted by Crippen LogP contribution is 2.37. The summed E-state index contributed by atoms with van der Waals surface area (Å²) in [5.41, 5.74) is 1.65. The van der Waals surface area contributed by atoms with E-state index < -0.39 is 15.7 Å².